The van der Waals surface area contributed by atoms with E-state index in [9.17, 15) is 13.2 Å². The third-order valence-corrected chi connectivity index (χ3v) is 7.81. The van der Waals surface area contributed by atoms with Gasteiger partial charge in [0, 0.05) is 45.2 Å². The van der Waals surface area contributed by atoms with Crippen molar-refractivity contribution in [3.63, 3.8) is 0 Å². The topological polar surface area (TPSA) is 79.0 Å². The van der Waals surface area contributed by atoms with Gasteiger partial charge in [0.2, 0.25) is 10.0 Å². The van der Waals surface area contributed by atoms with E-state index in [0.29, 0.717) is 25.7 Å². The number of sulfonamides is 1. The molecule has 0 unspecified atom stereocenters. The molecule has 0 atom stereocenters. The fourth-order valence-electron chi connectivity index (χ4n) is 4.08. The predicted molar refractivity (Wildman–Crippen MR) is 100 cm³/mol. The maximum absolute atomic E-state index is 12.3. The van der Waals surface area contributed by atoms with Crippen molar-refractivity contribution in [1.29, 1.82) is 0 Å². The van der Waals surface area contributed by atoms with Crippen LogP contribution in [0.5, 0.6) is 0 Å². The lowest BCUT2D eigenvalue weighted by Crippen LogP contribution is -2.55. The van der Waals surface area contributed by atoms with Crippen LogP contribution in [0, 0.1) is 11.8 Å². The molecule has 0 aromatic rings. The van der Waals surface area contributed by atoms with Crippen molar-refractivity contribution >= 4 is 16.1 Å². The van der Waals surface area contributed by atoms with Gasteiger partial charge in [0.05, 0.1) is 11.9 Å². The summed E-state index contributed by atoms with van der Waals surface area (Å²) < 4.78 is 30.9. The lowest BCUT2D eigenvalue weighted by atomic mass is 10.0. The molecule has 7 nitrogen and oxygen atoms in total. The van der Waals surface area contributed by atoms with Gasteiger partial charge in [-0.15, -0.1) is 0 Å². The van der Waals surface area contributed by atoms with Crippen molar-refractivity contribution in [3.05, 3.63) is 0 Å². The Morgan fingerprint density at radius 2 is 1.73 bits per heavy atom. The van der Waals surface area contributed by atoms with Crippen LogP contribution in [0.3, 0.4) is 0 Å². The molecular weight excluding hydrogens is 354 g/mol. The van der Waals surface area contributed by atoms with Crippen LogP contribution in [0.1, 0.15) is 45.4 Å². The van der Waals surface area contributed by atoms with Crippen LogP contribution in [0.4, 0.5) is 4.79 Å². The third kappa shape index (κ3) is 5.10. The fourth-order valence-corrected chi connectivity index (χ4v) is 5.32. The summed E-state index contributed by atoms with van der Waals surface area (Å²) in [6.45, 7) is 5.61. The molecule has 0 spiro atoms. The smallest absolute Gasteiger partial charge is 0.317 e. The van der Waals surface area contributed by atoms with Crippen molar-refractivity contribution in [2.45, 2.75) is 51.6 Å². The van der Waals surface area contributed by atoms with Gasteiger partial charge in [-0.3, -0.25) is 0 Å². The number of piperidine rings is 1. The van der Waals surface area contributed by atoms with E-state index in [0.717, 1.165) is 38.5 Å². The molecule has 1 saturated carbocycles. The van der Waals surface area contributed by atoms with E-state index in [1.807, 2.05) is 4.90 Å². The van der Waals surface area contributed by atoms with Crippen LogP contribution in [-0.2, 0) is 14.8 Å². The molecular formula is C18H33N3O4S. The Morgan fingerprint density at radius 1 is 1.08 bits per heavy atom. The molecule has 2 heterocycles. The number of likely N-dealkylation sites (tertiary alicyclic amines) is 1. The zero-order valence-corrected chi connectivity index (χ0v) is 16.7. The summed E-state index contributed by atoms with van der Waals surface area (Å²) in [6.07, 6.45) is 7.40. The van der Waals surface area contributed by atoms with Crippen LogP contribution in [0.15, 0.2) is 0 Å². The van der Waals surface area contributed by atoms with E-state index in [1.54, 1.807) is 6.92 Å². The summed E-state index contributed by atoms with van der Waals surface area (Å²) in [6, 6.07) is -0.0314. The Morgan fingerprint density at radius 3 is 2.35 bits per heavy atom. The van der Waals surface area contributed by atoms with E-state index in [1.165, 1.54) is 30.0 Å². The number of urea groups is 1. The van der Waals surface area contributed by atoms with Gasteiger partial charge in [-0.25, -0.2) is 17.5 Å². The highest BCUT2D eigenvalue weighted by molar-refractivity contribution is 7.89. The predicted octanol–water partition coefficient (Wildman–Crippen LogP) is 1.65. The second-order valence-electron chi connectivity index (χ2n) is 7.94. The van der Waals surface area contributed by atoms with Gasteiger partial charge in [-0.05, 0) is 38.5 Å². The number of rotatable bonds is 7. The van der Waals surface area contributed by atoms with Crippen molar-refractivity contribution in [2.24, 2.45) is 11.8 Å². The number of nitrogens with one attached hydrogen (secondary N) is 1. The Bertz CT molecular complexity index is 563. The molecule has 26 heavy (non-hydrogen) atoms. The monoisotopic (exact) mass is 387 g/mol. The average molecular weight is 388 g/mol. The third-order valence-electron chi connectivity index (χ3n) is 6.00. The molecule has 2 amide bonds. The quantitative estimate of drug-likeness (QED) is 0.720. The van der Waals surface area contributed by atoms with E-state index in [4.69, 9.17) is 4.74 Å². The Kier molecular flexibility index (Phi) is 6.80. The van der Waals surface area contributed by atoms with E-state index in [-0.39, 0.29) is 17.7 Å². The molecule has 8 heteroatoms. The molecule has 3 rings (SSSR count). The Hall–Kier alpha value is -0.860. The highest BCUT2D eigenvalue weighted by atomic mass is 32.2. The minimum atomic E-state index is -3.08. The fraction of sp³-hybridized carbons (Fsp3) is 0.944. The van der Waals surface area contributed by atoms with Crippen LogP contribution in [0.25, 0.3) is 0 Å². The van der Waals surface area contributed by atoms with Crippen LogP contribution in [0.2, 0.25) is 0 Å². The minimum Gasteiger partial charge on any atom is -0.378 e. The van der Waals surface area contributed by atoms with E-state index in [2.05, 4.69) is 5.32 Å². The number of hydrogen-bond donors (Lipinski definition) is 1. The van der Waals surface area contributed by atoms with Crippen LogP contribution < -0.4 is 5.32 Å². The van der Waals surface area contributed by atoms with Gasteiger partial charge >= 0.3 is 6.03 Å². The molecule has 0 radical (unpaired) electrons. The van der Waals surface area contributed by atoms with Gasteiger partial charge in [0.15, 0.2) is 0 Å². The average Bonchev–Trinajstić information content (AvgIpc) is 3.12. The van der Waals surface area contributed by atoms with Crippen LogP contribution >= 0.6 is 0 Å². The molecule has 150 valence electrons. The van der Waals surface area contributed by atoms with Crippen LogP contribution in [-0.4, -0.2) is 74.8 Å². The van der Waals surface area contributed by atoms with Gasteiger partial charge in [0.1, 0.15) is 0 Å². The Labute approximate surface area is 157 Å². The number of ether oxygens (including phenoxy) is 1. The first-order chi connectivity index (χ1) is 12.5. The second kappa shape index (κ2) is 8.89. The number of hydrogen-bond acceptors (Lipinski definition) is 4. The summed E-state index contributed by atoms with van der Waals surface area (Å²) in [4.78, 5) is 14.1. The molecule has 0 aromatic carbocycles. The molecule has 2 saturated heterocycles. The van der Waals surface area contributed by atoms with Crippen molar-refractivity contribution in [2.75, 3.05) is 45.1 Å². The first kappa shape index (κ1) is 19.9. The van der Waals surface area contributed by atoms with E-state index >= 15 is 0 Å². The number of amides is 2. The summed E-state index contributed by atoms with van der Waals surface area (Å²) in [5, 5.41) is 2.96. The molecule has 0 aromatic heterocycles. The minimum absolute atomic E-state index is 0.0314. The molecule has 1 aliphatic carbocycles. The van der Waals surface area contributed by atoms with Crippen molar-refractivity contribution in [3.8, 4) is 0 Å². The molecule has 3 aliphatic rings. The summed E-state index contributed by atoms with van der Waals surface area (Å²) in [7, 11) is -3.08. The molecule has 2 aliphatic heterocycles. The number of nitrogens with zero attached hydrogens (tertiary/aromatic N) is 2. The first-order valence-electron chi connectivity index (χ1n) is 10.1. The zero-order chi connectivity index (χ0) is 18.6. The molecule has 3 fully saturated rings. The largest absolute Gasteiger partial charge is 0.378 e. The van der Waals surface area contributed by atoms with Gasteiger partial charge in [0.25, 0.3) is 0 Å². The van der Waals surface area contributed by atoms with E-state index < -0.39 is 10.0 Å². The zero-order valence-electron chi connectivity index (χ0n) is 15.9. The lowest BCUT2D eigenvalue weighted by molar-refractivity contribution is -0.00209. The lowest BCUT2D eigenvalue weighted by Gasteiger charge is -2.38. The molecule has 1 N–H and O–H groups in total. The highest BCUT2D eigenvalue weighted by Gasteiger charge is 2.35. The summed E-state index contributed by atoms with van der Waals surface area (Å²) in [5.74, 6) is 1.12. The normalized spacial score (nSPS) is 24.0. The SMILES string of the molecule is CCS(=O)(=O)N1CC(CNC(=O)N2CCC(OCC3CCCC3)CC2)C1. The second-order valence-corrected chi connectivity index (χ2v) is 10.2. The highest BCUT2D eigenvalue weighted by Crippen LogP contribution is 2.26. The van der Waals surface area contributed by atoms with Gasteiger partial charge < -0.3 is 15.0 Å². The summed E-state index contributed by atoms with van der Waals surface area (Å²) >= 11 is 0. The van der Waals surface area contributed by atoms with Crippen molar-refractivity contribution < 1.29 is 17.9 Å². The standard InChI is InChI=1S/C18H33N3O4S/c1-2-26(23,24)21-12-16(13-21)11-19-18(22)20-9-7-17(8-10-20)25-14-15-5-3-4-6-15/h15-17H,2-14H2,1H3,(H,19,22). The number of carbonyl (C=O) groups is 1. The maximum atomic E-state index is 12.3. The Balaban J connectivity index is 1.28. The molecule has 0 bridgehead atoms. The van der Waals surface area contributed by atoms with Gasteiger partial charge in [-0.2, -0.15) is 0 Å². The summed E-state index contributed by atoms with van der Waals surface area (Å²) in [5.41, 5.74) is 0. The maximum Gasteiger partial charge on any atom is 0.317 e. The number of carbonyl (C=O) groups excluding carboxylic acids is 1. The first-order valence-corrected chi connectivity index (χ1v) is 11.7. The van der Waals surface area contributed by atoms with Crippen molar-refractivity contribution in [1.82, 2.24) is 14.5 Å². The van der Waals surface area contributed by atoms with Gasteiger partial charge in [-0.1, -0.05) is 12.8 Å².